The largest absolute Gasteiger partial charge is 0.366 e. The first-order chi connectivity index (χ1) is 9.86. The van der Waals surface area contributed by atoms with Crippen LogP contribution >= 0.6 is 0 Å². The molecule has 1 N–H and O–H groups in total. The van der Waals surface area contributed by atoms with E-state index in [0.29, 0.717) is 16.7 Å². The Bertz CT molecular complexity index is 622. The standard InChI is InChI=1S/C16H24N2O2S/c1-4-21(19,20)14-7-5-13(6-8-14)18-11-12-9-17-10-15(12)16(18,2)3/h5-8,12,15,17H,4,9-11H2,1-3H3. The summed E-state index contributed by atoms with van der Waals surface area (Å²) in [5.41, 5.74) is 1.24. The molecule has 21 heavy (non-hydrogen) atoms. The van der Waals surface area contributed by atoms with E-state index < -0.39 is 9.84 Å². The summed E-state index contributed by atoms with van der Waals surface area (Å²) in [5, 5.41) is 3.48. The molecule has 2 atom stereocenters. The molecule has 0 bridgehead atoms. The lowest BCUT2D eigenvalue weighted by atomic mass is 9.85. The summed E-state index contributed by atoms with van der Waals surface area (Å²) >= 11 is 0. The fourth-order valence-electron chi connectivity index (χ4n) is 3.86. The van der Waals surface area contributed by atoms with Crippen molar-refractivity contribution in [2.45, 2.75) is 31.2 Å². The van der Waals surface area contributed by atoms with E-state index in [1.165, 1.54) is 0 Å². The second-order valence-corrected chi connectivity index (χ2v) is 8.96. The molecule has 2 heterocycles. The summed E-state index contributed by atoms with van der Waals surface area (Å²) in [5.74, 6) is 1.51. The van der Waals surface area contributed by atoms with Gasteiger partial charge in [0, 0.05) is 30.9 Å². The Labute approximate surface area is 127 Å². The van der Waals surface area contributed by atoms with Crippen molar-refractivity contribution in [2.24, 2.45) is 11.8 Å². The second kappa shape index (κ2) is 4.99. The monoisotopic (exact) mass is 308 g/mol. The maximum atomic E-state index is 11.9. The number of anilines is 1. The molecule has 0 aromatic heterocycles. The molecular weight excluding hydrogens is 284 g/mol. The lowest BCUT2D eigenvalue weighted by molar-refractivity contribution is 0.357. The van der Waals surface area contributed by atoms with Crippen molar-refractivity contribution in [1.82, 2.24) is 5.32 Å². The van der Waals surface area contributed by atoms with E-state index in [1.54, 1.807) is 19.1 Å². The van der Waals surface area contributed by atoms with E-state index in [2.05, 4.69) is 24.1 Å². The number of sulfone groups is 1. The highest BCUT2D eigenvalue weighted by Crippen LogP contribution is 2.43. The third-order valence-corrected chi connectivity index (χ3v) is 7.00. The van der Waals surface area contributed by atoms with Crippen molar-refractivity contribution in [3.05, 3.63) is 24.3 Å². The zero-order valence-corrected chi connectivity index (χ0v) is 13.8. The Morgan fingerprint density at radius 1 is 1.24 bits per heavy atom. The minimum atomic E-state index is -3.11. The fourth-order valence-corrected chi connectivity index (χ4v) is 4.74. The highest BCUT2D eigenvalue weighted by atomic mass is 32.2. The Morgan fingerprint density at radius 2 is 1.90 bits per heavy atom. The molecule has 2 fully saturated rings. The first kappa shape index (κ1) is 14.9. The molecule has 2 aliphatic rings. The zero-order valence-electron chi connectivity index (χ0n) is 13.0. The minimum absolute atomic E-state index is 0.110. The van der Waals surface area contributed by atoms with Gasteiger partial charge in [0.25, 0.3) is 0 Å². The van der Waals surface area contributed by atoms with E-state index in [4.69, 9.17) is 0 Å². The summed E-state index contributed by atoms with van der Waals surface area (Å²) in [6.07, 6.45) is 0. The molecular formula is C16H24N2O2S. The molecule has 1 aromatic rings. The first-order valence-electron chi connectivity index (χ1n) is 7.67. The van der Waals surface area contributed by atoms with Crippen LogP contribution in [-0.2, 0) is 9.84 Å². The van der Waals surface area contributed by atoms with E-state index in [9.17, 15) is 8.42 Å². The third kappa shape index (κ3) is 2.36. The summed E-state index contributed by atoms with van der Waals surface area (Å²) < 4.78 is 23.8. The predicted octanol–water partition coefficient (Wildman–Crippen LogP) is 1.91. The molecule has 4 nitrogen and oxygen atoms in total. The number of benzene rings is 1. The van der Waals surface area contributed by atoms with Crippen molar-refractivity contribution in [1.29, 1.82) is 0 Å². The van der Waals surface area contributed by atoms with Gasteiger partial charge in [0.15, 0.2) is 9.84 Å². The van der Waals surface area contributed by atoms with Crippen molar-refractivity contribution in [3.8, 4) is 0 Å². The molecule has 0 aliphatic carbocycles. The Kier molecular flexibility index (Phi) is 3.53. The van der Waals surface area contributed by atoms with Crippen molar-refractivity contribution in [3.63, 3.8) is 0 Å². The third-order valence-electron chi connectivity index (χ3n) is 5.25. The summed E-state index contributed by atoms with van der Waals surface area (Å²) in [6.45, 7) is 9.48. The van der Waals surface area contributed by atoms with Crippen LogP contribution in [0.1, 0.15) is 20.8 Å². The number of nitrogens with one attached hydrogen (secondary N) is 1. The van der Waals surface area contributed by atoms with Gasteiger partial charge in [-0.25, -0.2) is 8.42 Å². The molecule has 116 valence electrons. The summed E-state index contributed by atoms with van der Waals surface area (Å²) in [6, 6.07) is 7.41. The van der Waals surface area contributed by atoms with Crippen LogP contribution in [-0.4, -0.2) is 39.3 Å². The van der Waals surface area contributed by atoms with Gasteiger partial charge in [0.05, 0.1) is 10.6 Å². The average molecular weight is 308 g/mol. The van der Waals surface area contributed by atoms with E-state index in [1.807, 2.05) is 12.1 Å². The maximum absolute atomic E-state index is 11.9. The van der Waals surface area contributed by atoms with Crippen LogP contribution in [0.25, 0.3) is 0 Å². The van der Waals surface area contributed by atoms with Crippen LogP contribution in [0.5, 0.6) is 0 Å². The average Bonchev–Trinajstić information content (AvgIpc) is 3.02. The van der Waals surface area contributed by atoms with Gasteiger partial charge in [-0.2, -0.15) is 0 Å². The van der Waals surface area contributed by atoms with Crippen LogP contribution in [0.3, 0.4) is 0 Å². The SMILES string of the molecule is CCS(=O)(=O)c1ccc(N2CC3CNCC3C2(C)C)cc1. The lowest BCUT2D eigenvalue weighted by Gasteiger charge is -2.37. The van der Waals surface area contributed by atoms with Crippen molar-refractivity contribution >= 4 is 15.5 Å². The fraction of sp³-hybridized carbons (Fsp3) is 0.625. The molecule has 3 rings (SSSR count). The van der Waals surface area contributed by atoms with Crippen molar-refractivity contribution < 1.29 is 8.42 Å². The Hall–Kier alpha value is -1.07. The van der Waals surface area contributed by atoms with Crippen LogP contribution in [0.15, 0.2) is 29.2 Å². The number of hydrogen-bond donors (Lipinski definition) is 1. The Balaban J connectivity index is 1.88. The second-order valence-electron chi connectivity index (χ2n) is 6.69. The molecule has 0 saturated carbocycles. The quantitative estimate of drug-likeness (QED) is 0.927. The lowest BCUT2D eigenvalue weighted by Crippen LogP contribution is -2.44. The van der Waals surface area contributed by atoms with Crippen LogP contribution in [0.4, 0.5) is 5.69 Å². The van der Waals surface area contributed by atoms with Gasteiger partial charge in [-0.05, 0) is 49.9 Å². The molecule has 0 radical (unpaired) electrons. The van der Waals surface area contributed by atoms with Crippen LogP contribution < -0.4 is 10.2 Å². The molecule has 2 unspecified atom stereocenters. The van der Waals surface area contributed by atoms with Gasteiger partial charge in [0.1, 0.15) is 0 Å². The number of nitrogens with zero attached hydrogens (tertiary/aromatic N) is 1. The number of rotatable bonds is 3. The first-order valence-corrected chi connectivity index (χ1v) is 9.32. The van der Waals surface area contributed by atoms with Gasteiger partial charge in [-0.1, -0.05) is 6.92 Å². The number of hydrogen-bond acceptors (Lipinski definition) is 4. The molecule has 1 aromatic carbocycles. The van der Waals surface area contributed by atoms with Crippen LogP contribution in [0, 0.1) is 11.8 Å². The summed E-state index contributed by atoms with van der Waals surface area (Å²) in [7, 11) is -3.11. The van der Waals surface area contributed by atoms with Gasteiger partial charge in [-0.15, -0.1) is 0 Å². The Morgan fingerprint density at radius 3 is 2.48 bits per heavy atom. The van der Waals surface area contributed by atoms with Crippen molar-refractivity contribution in [2.75, 3.05) is 30.3 Å². The molecule has 0 amide bonds. The van der Waals surface area contributed by atoms with Crippen LogP contribution in [0.2, 0.25) is 0 Å². The topological polar surface area (TPSA) is 49.4 Å². The highest BCUT2D eigenvalue weighted by molar-refractivity contribution is 7.91. The van der Waals surface area contributed by atoms with E-state index in [0.717, 1.165) is 25.3 Å². The van der Waals surface area contributed by atoms with Gasteiger partial charge < -0.3 is 10.2 Å². The molecule has 0 spiro atoms. The normalized spacial score (nSPS) is 27.9. The van der Waals surface area contributed by atoms with Gasteiger partial charge in [0.2, 0.25) is 0 Å². The highest BCUT2D eigenvalue weighted by Gasteiger charge is 2.49. The maximum Gasteiger partial charge on any atom is 0.178 e. The minimum Gasteiger partial charge on any atom is -0.366 e. The van der Waals surface area contributed by atoms with E-state index in [-0.39, 0.29) is 11.3 Å². The smallest absolute Gasteiger partial charge is 0.178 e. The molecule has 2 saturated heterocycles. The van der Waals surface area contributed by atoms with Gasteiger partial charge in [-0.3, -0.25) is 0 Å². The number of fused-ring (bicyclic) bond motifs is 1. The molecule has 5 heteroatoms. The zero-order chi connectivity index (χ0) is 15.3. The van der Waals surface area contributed by atoms with E-state index >= 15 is 0 Å². The predicted molar refractivity (Wildman–Crippen MR) is 85.4 cm³/mol. The molecule has 2 aliphatic heterocycles. The summed E-state index contributed by atoms with van der Waals surface area (Å²) in [4.78, 5) is 2.86. The van der Waals surface area contributed by atoms with Gasteiger partial charge >= 0.3 is 0 Å².